The predicted octanol–water partition coefficient (Wildman–Crippen LogP) is 3.73. The Bertz CT molecular complexity index is 234. The fraction of sp³-hybridized carbons (Fsp3) is 0.500. The van der Waals surface area contributed by atoms with Crippen molar-refractivity contribution in [3.05, 3.63) is 23.8 Å². The van der Waals surface area contributed by atoms with Gasteiger partial charge in [0.25, 0.3) is 0 Å². The number of rotatable bonds is 0. The van der Waals surface area contributed by atoms with E-state index in [1.54, 1.807) is 18.2 Å². The number of benzene rings is 1. The summed E-state index contributed by atoms with van der Waals surface area (Å²) in [6.07, 6.45) is 1.25. The molecular weight excluding hydrogens is 174 g/mol. The molecule has 2 heteroatoms. The van der Waals surface area contributed by atoms with Gasteiger partial charge in [-0.1, -0.05) is 34.1 Å². The van der Waals surface area contributed by atoms with E-state index in [0.29, 0.717) is 5.69 Å². The van der Waals surface area contributed by atoms with Gasteiger partial charge in [-0.15, -0.1) is 0 Å². The van der Waals surface area contributed by atoms with Crippen molar-refractivity contribution in [1.29, 1.82) is 0 Å². The molecular formula is C12H23NO. The zero-order chi connectivity index (χ0) is 11.6. The largest absolute Gasteiger partial charge is 0.508 e. The lowest BCUT2D eigenvalue weighted by Crippen LogP contribution is -1.86. The van der Waals surface area contributed by atoms with E-state index in [4.69, 9.17) is 10.8 Å². The van der Waals surface area contributed by atoms with Gasteiger partial charge in [-0.3, -0.25) is 0 Å². The summed E-state index contributed by atoms with van der Waals surface area (Å²) in [6, 6.07) is 4.89. The van der Waals surface area contributed by atoms with Gasteiger partial charge in [0.15, 0.2) is 0 Å². The molecule has 0 unspecified atom stereocenters. The normalized spacial score (nSPS) is 7.79. The first-order valence-corrected chi connectivity index (χ1v) is 5.16. The third kappa shape index (κ3) is 7.47. The van der Waals surface area contributed by atoms with E-state index in [0.717, 1.165) is 5.56 Å². The van der Waals surface area contributed by atoms with Crippen LogP contribution in [-0.4, -0.2) is 5.11 Å². The molecule has 0 radical (unpaired) electrons. The Balaban J connectivity index is 0. The highest BCUT2D eigenvalue weighted by molar-refractivity contribution is 5.48. The summed E-state index contributed by atoms with van der Waals surface area (Å²) in [7, 11) is 0. The Morgan fingerprint density at radius 1 is 1.21 bits per heavy atom. The molecule has 0 atom stereocenters. The predicted molar refractivity (Wildman–Crippen MR) is 64.6 cm³/mol. The molecule has 0 aliphatic rings. The quantitative estimate of drug-likeness (QED) is 0.492. The average molecular weight is 197 g/mol. The van der Waals surface area contributed by atoms with Gasteiger partial charge in [0.1, 0.15) is 5.75 Å². The number of phenols is 1. The third-order valence-corrected chi connectivity index (χ3v) is 1.25. The molecule has 0 aliphatic carbocycles. The summed E-state index contributed by atoms with van der Waals surface area (Å²) in [5, 5.41) is 8.88. The molecule has 0 heterocycles. The van der Waals surface area contributed by atoms with Gasteiger partial charge in [-0.25, -0.2) is 0 Å². The van der Waals surface area contributed by atoms with Gasteiger partial charge >= 0.3 is 0 Å². The van der Waals surface area contributed by atoms with Crippen molar-refractivity contribution >= 4 is 5.69 Å². The number of hydrogen-bond donors (Lipinski definition) is 2. The van der Waals surface area contributed by atoms with Crippen LogP contribution >= 0.6 is 0 Å². The van der Waals surface area contributed by atoms with Crippen LogP contribution in [0, 0.1) is 6.92 Å². The molecule has 0 bridgehead atoms. The Morgan fingerprint density at radius 3 is 1.93 bits per heavy atom. The van der Waals surface area contributed by atoms with Crippen LogP contribution in [0.4, 0.5) is 5.69 Å². The smallest absolute Gasteiger partial charge is 0.115 e. The minimum atomic E-state index is 0.265. The molecule has 14 heavy (non-hydrogen) atoms. The SMILES string of the molecule is CC.CCC.Cc1cc(O)ccc1N. The molecule has 0 amide bonds. The highest BCUT2D eigenvalue weighted by atomic mass is 16.3. The number of aryl methyl sites for hydroxylation is 1. The number of nitrogens with two attached hydrogens (primary N) is 1. The van der Waals surface area contributed by atoms with E-state index in [9.17, 15) is 0 Å². The second-order valence-electron chi connectivity index (χ2n) is 2.75. The molecule has 1 aromatic carbocycles. The van der Waals surface area contributed by atoms with E-state index in [1.807, 2.05) is 20.8 Å². The Kier molecular flexibility index (Phi) is 10.8. The van der Waals surface area contributed by atoms with Crippen LogP contribution in [-0.2, 0) is 0 Å². The van der Waals surface area contributed by atoms with Crippen LogP contribution in [0.25, 0.3) is 0 Å². The van der Waals surface area contributed by atoms with Crippen molar-refractivity contribution in [2.24, 2.45) is 0 Å². The van der Waals surface area contributed by atoms with Crippen molar-refractivity contribution in [1.82, 2.24) is 0 Å². The molecule has 0 saturated heterocycles. The van der Waals surface area contributed by atoms with Gasteiger partial charge in [0, 0.05) is 5.69 Å². The number of anilines is 1. The van der Waals surface area contributed by atoms with Gasteiger partial charge in [-0.05, 0) is 30.7 Å². The molecule has 0 saturated carbocycles. The van der Waals surface area contributed by atoms with Crippen LogP contribution in [0.15, 0.2) is 18.2 Å². The lowest BCUT2D eigenvalue weighted by atomic mass is 10.2. The van der Waals surface area contributed by atoms with Gasteiger partial charge in [0.2, 0.25) is 0 Å². The molecule has 2 nitrogen and oxygen atoms in total. The molecule has 0 fully saturated rings. The summed E-state index contributed by atoms with van der Waals surface area (Å²) >= 11 is 0. The molecule has 0 spiro atoms. The summed E-state index contributed by atoms with van der Waals surface area (Å²) in [6.45, 7) is 10.1. The van der Waals surface area contributed by atoms with Crippen LogP contribution in [0.5, 0.6) is 5.75 Å². The second kappa shape index (κ2) is 9.90. The summed E-state index contributed by atoms with van der Waals surface area (Å²) < 4.78 is 0. The van der Waals surface area contributed by atoms with E-state index in [1.165, 1.54) is 6.42 Å². The molecule has 0 aromatic heterocycles. The summed E-state index contributed by atoms with van der Waals surface area (Å²) in [5.41, 5.74) is 7.11. The third-order valence-electron chi connectivity index (χ3n) is 1.25. The lowest BCUT2D eigenvalue weighted by Gasteiger charge is -1.97. The Labute approximate surface area is 87.8 Å². The zero-order valence-corrected chi connectivity index (χ0v) is 9.96. The maximum Gasteiger partial charge on any atom is 0.115 e. The average Bonchev–Trinajstić information content (AvgIpc) is 2.17. The van der Waals surface area contributed by atoms with Crippen LogP contribution in [0.1, 0.15) is 39.7 Å². The topological polar surface area (TPSA) is 46.2 Å². The number of hydrogen-bond acceptors (Lipinski definition) is 2. The van der Waals surface area contributed by atoms with E-state index in [2.05, 4.69) is 13.8 Å². The van der Waals surface area contributed by atoms with Crippen molar-refractivity contribution in [2.45, 2.75) is 41.0 Å². The van der Waals surface area contributed by atoms with E-state index in [-0.39, 0.29) is 5.75 Å². The first kappa shape index (κ1) is 15.3. The van der Waals surface area contributed by atoms with Gasteiger partial charge < -0.3 is 10.8 Å². The molecule has 1 aromatic rings. The summed E-state index contributed by atoms with van der Waals surface area (Å²) in [5.74, 6) is 0.265. The highest BCUT2D eigenvalue weighted by Gasteiger charge is 1.91. The Hall–Kier alpha value is -1.18. The van der Waals surface area contributed by atoms with Crippen molar-refractivity contribution in [2.75, 3.05) is 5.73 Å². The van der Waals surface area contributed by atoms with Gasteiger partial charge in [0.05, 0.1) is 0 Å². The van der Waals surface area contributed by atoms with Crippen LogP contribution in [0.3, 0.4) is 0 Å². The maximum absolute atomic E-state index is 8.88. The number of phenolic OH excluding ortho intramolecular Hbond substituents is 1. The van der Waals surface area contributed by atoms with Crippen molar-refractivity contribution < 1.29 is 5.11 Å². The standard InChI is InChI=1S/C7H9NO.C3H8.C2H6/c1-5-4-6(9)2-3-7(5)8;1-3-2;1-2/h2-4,9H,8H2,1H3;3H2,1-2H3;1-2H3. The van der Waals surface area contributed by atoms with E-state index >= 15 is 0 Å². The fourth-order valence-electron chi connectivity index (χ4n) is 0.660. The highest BCUT2D eigenvalue weighted by Crippen LogP contribution is 2.16. The van der Waals surface area contributed by atoms with Crippen LogP contribution in [0.2, 0.25) is 0 Å². The minimum absolute atomic E-state index is 0.265. The minimum Gasteiger partial charge on any atom is -0.508 e. The Morgan fingerprint density at radius 2 is 1.64 bits per heavy atom. The number of nitrogen functional groups attached to an aromatic ring is 1. The molecule has 82 valence electrons. The second-order valence-corrected chi connectivity index (χ2v) is 2.75. The van der Waals surface area contributed by atoms with E-state index < -0.39 is 0 Å². The van der Waals surface area contributed by atoms with Crippen molar-refractivity contribution in [3.8, 4) is 5.75 Å². The zero-order valence-electron chi connectivity index (χ0n) is 9.96. The summed E-state index contributed by atoms with van der Waals surface area (Å²) in [4.78, 5) is 0. The maximum atomic E-state index is 8.88. The van der Waals surface area contributed by atoms with Gasteiger partial charge in [-0.2, -0.15) is 0 Å². The van der Waals surface area contributed by atoms with Crippen molar-refractivity contribution in [3.63, 3.8) is 0 Å². The first-order chi connectivity index (χ1) is 6.61. The lowest BCUT2D eigenvalue weighted by molar-refractivity contribution is 0.475. The monoisotopic (exact) mass is 197 g/mol. The molecule has 0 aliphatic heterocycles. The van der Waals surface area contributed by atoms with Crippen LogP contribution < -0.4 is 5.73 Å². The number of aromatic hydroxyl groups is 1. The molecule has 3 N–H and O–H groups in total. The first-order valence-electron chi connectivity index (χ1n) is 5.16. The molecule has 1 rings (SSSR count). The fourth-order valence-corrected chi connectivity index (χ4v) is 0.660.